The molecular weight excluding hydrogens is 313 g/mol. The minimum Gasteiger partial charge on any atom is -0.207 e. The van der Waals surface area contributed by atoms with Gasteiger partial charge in [0.2, 0.25) is 10.0 Å². The van der Waals surface area contributed by atoms with E-state index in [1.165, 1.54) is 29.8 Å². The molecule has 0 N–H and O–H groups in total. The van der Waals surface area contributed by atoms with Crippen LogP contribution in [0, 0.1) is 5.82 Å². The van der Waals surface area contributed by atoms with Gasteiger partial charge in [-0.3, -0.25) is 0 Å². The Labute approximate surface area is 136 Å². The normalized spacial score (nSPS) is 20.1. The molecule has 1 saturated heterocycles. The molecule has 1 fully saturated rings. The van der Waals surface area contributed by atoms with Gasteiger partial charge in [0.15, 0.2) is 0 Å². The van der Waals surface area contributed by atoms with Gasteiger partial charge >= 0.3 is 0 Å². The van der Waals surface area contributed by atoms with E-state index < -0.39 is 15.8 Å². The highest BCUT2D eigenvalue weighted by molar-refractivity contribution is 7.89. The largest absolute Gasteiger partial charge is 0.243 e. The molecule has 0 bridgehead atoms. The number of sulfonamides is 1. The molecule has 0 spiro atoms. The Kier molecular flexibility index (Phi) is 4.78. The summed E-state index contributed by atoms with van der Waals surface area (Å²) in [6.07, 6.45) is 2.85. The fourth-order valence-electron chi connectivity index (χ4n) is 3.08. The molecule has 1 atom stereocenters. The topological polar surface area (TPSA) is 37.4 Å². The fraction of sp³-hybridized carbons (Fsp3) is 0.333. The SMILES string of the molecule is O=S(=O)(c1ccc(F)cc1)N1CCCCC(c2ccccc2)C1. The highest BCUT2D eigenvalue weighted by Gasteiger charge is 2.29. The second kappa shape index (κ2) is 6.81. The Morgan fingerprint density at radius 1 is 0.957 bits per heavy atom. The van der Waals surface area contributed by atoms with Crippen molar-refractivity contribution in [1.29, 1.82) is 0 Å². The summed E-state index contributed by atoms with van der Waals surface area (Å²) in [6, 6.07) is 15.1. The van der Waals surface area contributed by atoms with E-state index in [1.54, 1.807) is 4.31 Å². The summed E-state index contributed by atoms with van der Waals surface area (Å²) < 4.78 is 40.3. The zero-order valence-electron chi connectivity index (χ0n) is 12.9. The van der Waals surface area contributed by atoms with Gasteiger partial charge in [0.25, 0.3) is 0 Å². The van der Waals surface area contributed by atoms with Gasteiger partial charge in [0, 0.05) is 13.1 Å². The first-order chi connectivity index (χ1) is 11.1. The molecule has 2 aromatic carbocycles. The molecule has 23 heavy (non-hydrogen) atoms. The lowest BCUT2D eigenvalue weighted by atomic mass is 9.95. The van der Waals surface area contributed by atoms with Crippen LogP contribution in [0.4, 0.5) is 4.39 Å². The molecule has 1 heterocycles. The van der Waals surface area contributed by atoms with E-state index in [2.05, 4.69) is 12.1 Å². The molecule has 0 radical (unpaired) electrons. The van der Waals surface area contributed by atoms with Gasteiger partial charge in [-0.15, -0.1) is 0 Å². The van der Waals surface area contributed by atoms with Crippen LogP contribution in [-0.2, 0) is 10.0 Å². The van der Waals surface area contributed by atoms with Crippen LogP contribution in [0.1, 0.15) is 30.7 Å². The molecule has 5 heteroatoms. The average Bonchev–Trinajstić information content (AvgIpc) is 2.83. The van der Waals surface area contributed by atoms with Crippen LogP contribution in [0.25, 0.3) is 0 Å². The van der Waals surface area contributed by atoms with E-state index in [0.717, 1.165) is 19.3 Å². The number of hydrogen-bond acceptors (Lipinski definition) is 2. The van der Waals surface area contributed by atoms with Crippen LogP contribution < -0.4 is 0 Å². The molecule has 1 aliphatic heterocycles. The maximum Gasteiger partial charge on any atom is 0.243 e. The molecule has 1 unspecified atom stereocenters. The van der Waals surface area contributed by atoms with E-state index in [0.29, 0.717) is 13.1 Å². The zero-order valence-corrected chi connectivity index (χ0v) is 13.7. The third kappa shape index (κ3) is 3.62. The van der Waals surface area contributed by atoms with Crippen LogP contribution >= 0.6 is 0 Å². The Morgan fingerprint density at radius 3 is 2.35 bits per heavy atom. The van der Waals surface area contributed by atoms with Gasteiger partial charge in [-0.1, -0.05) is 36.8 Å². The van der Waals surface area contributed by atoms with E-state index in [9.17, 15) is 12.8 Å². The third-order valence-corrected chi connectivity index (χ3v) is 6.24. The van der Waals surface area contributed by atoms with Gasteiger partial charge in [-0.2, -0.15) is 4.31 Å². The zero-order chi connectivity index (χ0) is 16.3. The Hall–Kier alpha value is -1.72. The second-order valence-electron chi connectivity index (χ2n) is 5.92. The number of rotatable bonds is 3. The summed E-state index contributed by atoms with van der Waals surface area (Å²) in [5.41, 5.74) is 1.17. The van der Waals surface area contributed by atoms with Crippen molar-refractivity contribution in [2.24, 2.45) is 0 Å². The molecule has 0 amide bonds. The highest BCUT2D eigenvalue weighted by Crippen LogP contribution is 2.29. The van der Waals surface area contributed by atoms with E-state index >= 15 is 0 Å². The van der Waals surface area contributed by atoms with Gasteiger partial charge < -0.3 is 0 Å². The molecule has 2 aromatic rings. The first-order valence-corrected chi connectivity index (χ1v) is 9.32. The van der Waals surface area contributed by atoms with Crippen molar-refractivity contribution in [3.05, 3.63) is 66.0 Å². The molecule has 3 nitrogen and oxygen atoms in total. The molecule has 0 aliphatic carbocycles. The van der Waals surface area contributed by atoms with Crippen LogP contribution in [-0.4, -0.2) is 25.8 Å². The van der Waals surface area contributed by atoms with Crippen molar-refractivity contribution in [3.63, 3.8) is 0 Å². The van der Waals surface area contributed by atoms with E-state index in [1.807, 2.05) is 18.2 Å². The van der Waals surface area contributed by atoms with E-state index in [4.69, 9.17) is 0 Å². The number of hydrogen-bond donors (Lipinski definition) is 0. The highest BCUT2D eigenvalue weighted by atomic mass is 32.2. The molecule has 3 rings (SSSR count). The summed E-state index contributed by atoms with van der Waals surface area (Å²) in [6.45, 7) is 0.993. The first-order valence-electron chi connectivity index (χ1n) is 7.88. The van der Waals surface area contributed by atoms with E-state index in [-0.39, 0.29) is 10.8 Å². The monoisotopic (exact) mass is 333 g/mol. The summed E-state index contributed by atoms with van der Waals surface area (Å²) in [5, 5.41) is 0. The van der Waals surface area contributed by atoms with Gasteiger partial charge in [0.05, 0.1) is 4.90 Å². The van der Waals surface area contributed by atoms with Gasteiger partial charge in [-0.05, 0) is 48.6 Å². The lowest BCUT2D eigenvalue weighted by Crippen LogP contribution is -2.34. The molecule has 1 aliphatic rings. The predicted octanol–water partition coefficient (Wildman–Crippen LogP) is 3.78. The number of halogens is 1. The van der Waals surface area contributed by atoms with Crippen LogP contribution in [0.3, 0.4) is 0 Å². The quantitative estimate of drug-likeness (QED) is 0.857. The van der Waals surface area contributed by atoms with Crippen LogP contribution in [0.15, 0.2) is 59.5 Å². The third-order valence-electron chi connectivity index (χ3n) is 4.36. The van der Waals surface area contributed by atoms with Crippen molar-refractivity contribution in [2.75, 3.05) is 13.1 Å². The first kappa shape index (κ1) is 16.1. The second-order valence-corrected chi connectivity index (χ2v) is 7.86. The van der Waals surface area contributed by atoms with Crippen molar-refractivity contribution in [3.8, 4) is 0 Å². The predicted molar refractivity (Wildman–Crippen MR) is 88.2 cm³/mol. The Bertz CT molecular complexity index is 744. The van der Waals surface area contributed by atoms with Crippen molar-refractivity contribution in [2.45, 2.75) is 30.1 Å². The average molecular weight is 333 g/mol. The molecule has 0 aromatic heterocycles. The summed E-state index contributed by atoms with van der Waals surface area (Å²) in [5.74, 6) is -0.226. The lowest BCUT2D eigenvalue weighted by Gasteiger charge is -2.24. The molecule has 122 valence electrons. The molecule has 0 saturated carbocycles. The van der Waals surface area contributed by atoms with Crippen LogP contribution in [0.5, 0.6) is 0 Å². The lowest BCUT2D eigenvalue weighted by molar-refractivity contribution is 0.406. The Balaban J connectivity index is 1.87. The number of nitrogens with zero attached hydrogens (tertiary/aromatic N) is 1. The van der Waals surface area contributed by atoms with Gasteiger partial charge in [-0.25, -0.2) is 12.8 Å². The minimum atomic E-state index is -3.58. The summed E-state index contributed by atoms with van der Waals surface area (Å²) >= 11 is 0. The molecular formula is C18H20FNO2S. The van der Waals surface area contributed by atoms with Crippen LogP contribution in [0.2, 0.25) is 0 Å². The summed E-state index contributed by atoms with van der Waals surface area (Å²) in [7, 11) is -3.58. The standard InChI is InChI=1S/C18H20FNO2S/c19-17-9-11-18(12-10-17)23(21,22)20-13-5-4-8-16(14-20)15-6-2-1-3-7-15/h1-3,6-7,9-12,16H,4-5,8,13-14H2. The summed E-state index contributed by atoms with van der Waals surface area (Å²) in [4.78, 5) is 0.160. The van der Waals surface area contributed by atoms with Crippen molar-refractivity contribution in [1.82, 2.24) is 4.31 Å². The fourth-order valence-corrected chi connectivity index (χ4v) is 4.60. The minimum absolute atomic E-state index is 0.160. The van der Waals surface area contributed by atoms with Gasteiger partial charge in [0.1, 0.15) is 5.82 Å². The maximum absolute atomic E-state index is 13.1. The maximum atomic E-state index is 13.1. The van der Waals surface area contributed by atoms with Crippen molar-refractivity contribution < 1.29 is 12.8 Å². The Morgan fingerprint density at radius 2 is 1.65 bits per heavy atom. The smallest absolute Gasteiger partial charge is 0.207 e. The number of benzene rings is 2. The van der Waals surface area contributed by atoms with Crippen molar-refractivity contribution >= 4 is 10.0 Å².